The lowest BCUT2D eigenvalue weighted by atomic mass is 9.92. The molecule has 0 radical (unpaired) electrons. The fourth-order valence-corrected chi connectivity index (χ4v) is 2.38. The van der Waals surface area contributed by atoms with Crippen molar-refractivity contribution in [3.8, 4) is 5.75 Å². The Morgan fingerprint density at radius 1 is 1.00 bits per heavy atom. The van der Waals surface area contributed by atoms with Crippen molar-refractivity contribution in [1.29, 1.82) is 0 Å². The molecular formula is C17H17NO4. The van der Waals surface area contributed by atoms with Gasteiger partial charge in [0.05, 0.1) is 17.6 Å². The van der Waals surface area contributed by atoms with Crippen molar-refractivity contribution in [2.75, 3.05) is 0 Å². The molecule has 1 aliphatic rings. The van der Waals surface area contributed by atoms with Gasteiger partial charge in [0.25, 0.3) is 5.69 Å². The van der Waals surface area contributed by atoms with E-state index in [1.54, 1.807) is 12.1 Å². The normalized spacial score (nSPS) is 20.2. The molecule has 114 valence electrons. The largest absolute Gasteiger partial charge is 0.490 e. The summed E-state index contributed by atoms with van der Waals surface area (Å²) in [4.78, 5) is 10.2. The number of nitrogens with zero attached hydrogens (tertiary/aromatic N) is 1. The molecule has 0 amide bonds. The zero-order valence-electron chi connectivity index (χ0n) is 12.1. The summed E-state index contributed by atoms with van der Waals surface area (Å²) in [6.45, 7) is 0.621. The maximum Gasteiger partial charge on any atom is 0.269 e. The average molecular weight is 299 g/mol. The van der Waals surface area contributed by atoms with Crippen LogP contribution in [0, 0.1) is 10.1 Å². The van der Waals surface area contributed by atoms with Gasteiger partial charge < -0.3 is 9.47 Å². The highest BCUT2D eigenvalue weighted by atomic mass is 16.6. The molecule has 1 aliphatic carbocycles. The van der Waals surface area contributed by atoms with Gasteiger partial charge in [-0.25, -0.2) is 0 Å². The maximum absolute atomic E-state index is 10.6. The summed E-state index contributed by atoms with van der Waals surface area (Å²) in [7, 11) is 0. The van der Waals surface area contributed by atoms with Gasteiger partial charge in [-0.3, -0.25) is 10.1 Å². The first-order valence-corrected chi connectivity index (χ1v) is 7.27. The third kappa shape index (κ3) is 3.62. The van der Waals surface area contributed by atoms with Gasteiger partial charge in [0.1, 0.15) is 11.9 Å². The summed E-state index contributed by atoms with van der Waals surface area (Å²) >= 11 is 0. The van der Waals surface area contributed by atoms with Gasteiger partial charge in [-0.05, 0) is 17.7 Å². The highest BCUT2D eigenvalue weighted by Gasteiger charge is 2.31. The van der Waals surface area contributed by atoms with Crippen molar-refractivity contribution in [2.45, 2.75) is 31.7 Å². The molecule has 3 rings (SSSR count). The van der Waals surface area contributed by atoms with Crippen molar-refractivity contribution in [3.05, 3.63) is 70.3 Å². The van der Waals surface area contributed by atoms with Gasteiger partial charge in [-0.1, -0.05) is 30.3 Å². The Morgan fingerprint density at radius 3 is 2.32 bits per heavy atom. The van der Waals surface area contributed by atoms with Gasteiger partial charge in [0.2, 0.25) is 0 Å². The predicted octanol–water partition coefficient (Wildman–Crippen LogP) is 3.72. The van der Waals surface area contributed by atoms with Crippen molar-refractivity contribution < 1.29 is 14.4 Å². The molecule has 5 nitrogen and oxygen atoms in total. The second kappa shape index (κ2) is 6.58. The Morgan fingerprint density at radius 2 is 1.68 bits per heavy atom. The van der Waals surface area contributed by atoms with Crippen LogP contribution in [0.1, 0.15) is 18.4 Å². The van der Waals surface area contributed by atoms with Crippen LogP contribution >= 0.6 is 0 Å². The maximum atomic E-state index is 10.6. The second-order valence-corrected chi connectivity index (χ2v) is 5.38. The Labute approximate surface area is 128 Å². The number of non-ortho nitro benzene ring substituents is 1. The van der Waals surface area contributed by atoms with E-state index in [-0.39, 0.29) is 17.9 Å². The van der Waals surface area contributed by atoms with Crippen molar-refractivity contribution >= 4 is 5.69 Å². The van der Waals surface area contributed by atoms with Gasteiger partial charge >= 0.3 is 0 Å². The third-order valence-electron chi connectivity index (χ3n) is 3.73. The summed E-state index contributed by atoms with van der Waals surface area (Å²) in [5.74, 6) is 0.664. The minimum absolute atomic E-state index is 0.0741. The van der Waals surface area contributed by atoms with Crippen LogP contribution in [-0.2, 0) is 11.3 Å². The smallest absolute Gasteiger partial charge is 0.269 e. The Bertz CT molecular complexity index is 621. The highest BCUT2D eigenvalue weighted by molar-refractivity contribution is 5.36. The standard InChI is InChI=1S/C17H17NO4/c19-18(20)14-6-8-15(9-7-14)22-17-10-16(11-17)21-12-13-4-2-1-3-5-13/h1-9,16-17H,10-12H2/t16-,17-. The first-order chi connectivity index (χ1) is 10.7. The molecule has 0 heterocycles. The zero-order chi connectivity index (χ0) is 15.4. The molecule has 0 bridgehead atoms. The van der Waals surface area contributed by atoms with Crippen LogP contribution in [0.15, 0.2) is 54.6 Å². The quantitative estimate of drug-likeness (QED) is 0.602. The van der Waals surface area contributed by atoms with Crippen LogP contribution in [-0.4, -0.2) is 17.1 Å². The monoisotopic (exact) mass is 299 g/mol. The number of hydrogen-bond donors (Lipinski definition) is 0. The minimum Gasteiger partial charge on any atom is -0.490 e. The van der Waals surface area contributed by atoms with Gasteiger partial charge in [-0.15, -0.1) is 0 Å². The molecule has 0 saturated heterocycles. The minimum atomic E-state index is -0.416. The van der Waals surface area contributed by atoms with E-state index >= 15 is 0 Å². The Hall–Kier alpha value is -2.40. The van der Waals surface area contributed by atoms with E-state index in [2.05, 4.69) is 0 Å². The van der Waals surface area contributed by atoms with E-state index in [4.69, 9.17) is 9.47 Å². The number of benzene rings is 2. The SMILES string of the molecule is O=[N+]([O-])c1ccc(O[C@H]2C[C@H](OCc3ccccc3)C2)cc1. The number of rotatable bonds is 6. The lowest BCUT2D eigenvalue weighted by Gasteiger charge is -2.35. The summed E-state index contributed by atoms with van der Waals surface area (Å²) in [5, 5.41) is 10.6. The molecule has 0 N–H and O–H groups in total. The van der Waals surface area contributed by atoms with Crippen LogP contribution in [0.5, 0.6) is 5.75 Å². The topological polar surface area (TPSA) is 61.6 Å². The van der Waals surface area contributed by atoms with E-state index in [1.165, 1.54) is 17.7 Å². The molecule has 5 heteroatoms. The fourth-order valence-electron chi connectivity index (χ4n) is 2.38. The number of hydrogen-bond acceptors (Lipinski definition) is 4. The van der Waals surface area contributed by atoms with Crippen molar-refractivity contribution in [1.82, 2.24) is 0 Å². The van der Waals surface area contributed by atoms with E-state index < -0.39 is 4.92 Å². The molecule has 1 saturated carbocycles. The summed E-state index contributed by atoms with van der Waals surface area (Å²) in [6.07, 6.45) is 2.05. The lowest BCUT2D eigenvalue weighted by Crippen LogP contribution is -2.39. The number of nitro groups is 1. The third-order valence-corrected chi connectivity index (χ3v) is 3.73. The zero-order valence-corrected chi connectivity index (χ0v) is 12.1. The van der Waals surface area contributed by atoms with Crippen LogP contribution in [0.25, 0.3) is 0 Å². The van der Waals surface area contributed by atoms with Gasteiger partial charge in [-0.2, -0.15) is 0 Å². The van der Waals surface area contributed by atoms with Gasteiger partial charge in [0.15, 0.2) is 0 Å². The van der Waals surface area contributed by atoms with Crippen LogP contribution in [0.4, 0.5) is 5.69 Å². The Kier molecular flexibility index (Phi) is 4.34. The van der Waals surface area contributed by atoms with E-state index in [0.717, 1.165) is 12.8 Å². The molecule has 0 spiro atoms. The van der Waals surface area contributed by atoms with Crippen LogP contribution in [0.2, 0.25) is 0 Å². The molecule has 0 unspecified atom stereocenters. The molecular weight excluding hydrogens is 282 g/mol. The van der Waals surface area contributed by atoms with E-state index in [0.29, 0.717) is 12.4 Å². The summed E-state index contributed by atoms with van der Waals surface area (Å²) < 4.78 is 11.6. The summed E-state index contributed by atoms with van der Waals surface area (Å²) in [6, 6.07) is 16.3. The van der Waals surface area contributed by atoms with Crippen molar-refractivity contribution in [2.24, 2.45) is 0 Å². The fraction of sp³-hybridized carbons (Fsp3) is 0.294. The van der Waals surface area contributed by atoms with E-state index in [9.17, 15) is 10.1 Å². The second-order valence-electron chi connectivity index (χ2n) is 5.38. The number of nitro benzene ring substituents is 1. The molecule has 2 aromatic carbocycles. The lowest BCUT2D eigenvalue weighted by molar-refractivity contribution is -0.384. The van der Waals surface area contributed by atoms with Crippen molar-refractivity contribution in [3.63, 3.8) is 0 Å². The average Bonchev–Trinajstić information content (AvgIpc) is 2.51. The molecule has 2 aromatic rings. The predicted molar refractivity (Wildman–Crippen MR) is 81.8 cm³/mol. The molecule has 0 aromatic heterocycles. The van der Waals surface area contributed by atoms with Gasteiger partial charge in [0, 0.05) is 25.0 Å². The Balaban J connectivity index is 1.41. The molecule has 1 fully saturated rings. The molecule has 0 atom stereocenters. The van der Waals surface area contributed by atoms with Crippen LogP contribution < -0.4 is 4.74 Å². The first-order valence-electron chi connectivity index (χ1n) is 7.27. The highest BCUT2D eigenvalue weighted by Crippen LogP contribution is 2.29. The first kappa shape index (κ1) is 14.5. The molecule has 22 heavy (non-hydrogen) atoms. The number of ether oxygens (including phenoxy) is 2. The van der Waals surface area contributed by atoms with E-state index in [1.807, 2.05) is 30.3 Å². The summed E-state index contributed by atoms with van der Waals surface area (Å²) in [5.41, 5.74) is 1.24. The molecule has 0 aliphatic heterocycles. The van der Waals surface area contributed by atoms with Crippen LogP contribution in [0.3, 0.4) is 0 Å².